The molecular weight excluding hydrogens is 206 g/mol. The van der Waals surface area contributed by atoms with E-state index in [1.807, 2.05) is 26.0 Å². The van der Waals surface area contributed by atoms with Crippen LogP contribution in [0.25, 0.3) is 0 Å². The van der Waals surface area contributed by atoms with Crippen molar-refractivity contribution in [2.24, 2.45) is 0 Å². The quantitative estimate of drug-likeness (QED) is 0.668. The summed E-state index contributed by atoms with van der Waals surface area (Å²) in [5, 5.41) is 0. The molecular formula is C12H19NO3. The first-order chi connectivity index (χ1) is 7.70. The van der Waals surface area contributed by atoms with Crippen LogP contribution < -0.4 is 0 Å². The third-order valence-corrected chi connectivity index (χ3v) is 2.06. The van der Waals surface area contributed by atoms with Crippen molar-refractivity contribution in [1.82, 2.24) is 4.98 Å². The van der Waals surface area contributed by atoms with Gasteiger partial charge in [0.1, 0.15) is 0 Å². The first-order valence-electron chi connectivity index (χ1n) is 5.51. The van der Waals surface area contributed by atoms with Crippen LogP contribution in [0.4, 0.5) is 0 Å². The van der Waals surface area contributed by atoms with Crippen LogP contribution in [0.3, 0.4) is 0 Å². The number of ether oxygens (including phenoxy) is 3. The minimum absolute atomic E-state index is 0.443. The van der Waals surface area contributed by atoms with Crippen molar-refractivity contribution in [3.8, 4) is 0 Å². The average molecular weight is 225 g/mol. The molecule has 0 aliphatic rings. The zero-order valence-corrected chi connectivity index (χ0v) is 10.1. The number of hydrogen-bond acceptors (Lipinski definition) is 4. The molecule has 0 unspecified atom stereocenters. The Balaban J connectivity index is 2.49. The maximum atomic E-state index is 5.62. The van der Waals surface area contributed by atoms with Crippen LogP contribution in [0.1, 0.15) is 26.3 Å². The number of hydrogen-bond donors (Lipinski definition) is 0. The van der Waals surface area contributed by atoms with Gasteiger partial charge in [-0.3, -0.25) is 4.98 Å². The predicted octanol–water partition coefficient (Wildman–Crippen LogP) is 2.34. The molecule has 0 spiro atoms. The Morgan fingerprint density at radius 1 is 1.06 bits per heavy atom. The number of pyridine rings is 1. The molecule has 0 bridgehead atoms. The molecule has 0 atom stereocenters. The lowest BCUT2D eigenvalue weighted by Crippen LogP contribution is -2.35. The second-order valence-electron chi connectivity index (χ2n) is 3.37. The van der Waals surface area contributed by atoms with Gasteiger partial charge in [0.25, 0.3) is 5.97 Å². The largest absolute Gasteiger partial charge is 0.328 e. The van der Waals surface area contributed by atoms with E-state index in [1.165, 1.54) is 0 Å². The highest BCUT2D eigenvalue weighted by Gasteiger charge is 2.25. The average Bonchev–Trinajstić information content (AvgIpc) is 2.29. The van der Waals surface area contributed by atoms with Crippen LogP contribution in [-0.4, -0.2) is 24.2 Å². The summed E-state index contributed by atoms with van der Waals surface area (Å²) in [6.45, 7) is 7.14. The van der Waals surface area contributed by atoms with Gasteiger partial charge in [-0.2, -0.15) is 0 Å². The molecule has 1 heterocycles. The van der Waals surface area contributed by atoms with Gasteiger partial charge in [-0.1, -0.05) is 0 Å². The minimum Gasteiger partial charge on any atom is -0.328 e. The highest BCUT2D eigenvalue weighted by Crippen LogP contribution is 2.16. The first-order valence-corrected chi connectivity index (χ1v) is 5.51. The molecule has 1 rings (SSSR count). The smallest absolute Gasteiger partial charge is 0.280 e. The Morgan fingerprint density at radius 3 is 2.12 bits per heavy atom. The fourth-order valence-corrected chi connectivity index (χ4v) is 1.34. The summed E-state index contributed by atoms with van der Waals surface area (Å²) < 4.78 is 16.5. The van der Waals surface area contributed by atoms with Crippen molar-refractivity contribution in [3.63, 3.8) is 0 Å². The van der Waals surface area contributed by atoms with Gasteiger partial charge in [-0.25, -0.2) is 0 Å². The van der Waals surface area contributed by atoms with E-state index in [9.17, 15) is 0 Å². The van der Waals surface area contributed by atoms with Gasteiger partial charge in [0.15, 0.2) is 0 Å². The summed E-state index contributed by atoms with van der Waals surface area (Å²) in [7, 11) is 0. The third-order valence-electron chi connectivity index (χ3n) is 2.06. The topological polar surface area (TPSA) is 40.6 Å². The Kier molecular flexibility index (Phi) is 5.38. The van der Waals surface area contributed by atoms with Crippen LogP contribution in [0.15, 0.2) is 24.5 Å². The second-order valence-corrected chi connectivity index (χ2v) is 3.37. The van der Waals surface area contributed by atoms with Gasteiger partial charge >= 0.3 is 0 Å². The molecule has 0 aliphatic carbocycles. The van der Waals surface area contributed by atoms with Crippen LogP contribution in [-0.2, 0) is 20.8 Å². The molecule has 0 radical (unpaired) electrons. The summed E-state index contributed by atoms with van der Waals surface area (Å²) in [6, 6.07) is 3.80. The number of nitrogens with zero attached hydrogens (tertiary/aromatic N) is 1. The third kappa shape index (κ3) is 4.26. The molecule has 0 amide bonds. The Bertz CT molecular complexity index is 284. The zero-order valence-electron chi connectivity index (χ0n) is 10.1. The van der Waals surface area contributed by atoms with E-state index >= 15 is 0 Å². The van der Waals surface area contributed by atoms with E-state index in [0.717, 1.165) is 5.56 Å². The van der Waals surface area contributed by atoms with Crippen molar-refractivity contribution in [3.05, 3.63) is 30.1 Å². The van der Waals surface area contributed by atoms with Crippen molar-refractivity contribution in [2.75, 3.05) is 13.2 Å². The van der Waals surface area contributed by atoms with Crippen molar-refractivity contribution in [1.29, 1.82) is 0 Å². The van der Waals surface area contributed by atoms with E-state index in [0.29, 0.717) is 19.8 Å². The molecule has 1 aromatic heterocycles. The van der Waals surface area contributed by atoms with Gasteiger partial charge in [-0.05, 0) is 31.5 Å². The molecule has 4 heteroatoms. The van der Waals surface area contributed by atoms with E-state index < -0.39 is 5.97 Å². The standard InChI is InChI=1S/C12H19NO3/c1-4-14-12(3,15-5-2)16-10-11-6-8-13-9-7-11/h6-9H,4-5,10H2,1-3H3. The minimum atomic E-state index is -0.966. The Morgan fingerprint density at radius 2 is 1.62 bits per heavy atom. The molecule has 4 nitrogen and oxygen atoms in total. The van der Waals surface area contributed by atoms with Crippen LogP contribution in [0.2, 0.25) is 0 Å². The lowest BCUT2D eigenvalue weighted by atomic mass is 10.3. The van der Waals surface area contributed by atoms with Gasteiger partial charge in [0.2, 0.25) is 0 Å². The summed E-state index contributed by atoms with van der Waals surface area (Å²) in [6.07, 6.45) is 3.47. The van der Waals surface area contributed by atoms with Gasteiger partial charge in [0.05, 0.1) is 6.61 Å². The van der Waals surface area contributed by atoms with E-state index in [4.69, 9.17) is 14.2 Å². The first kappa shape index (κ1) is 13.1. The molecule has 16 heavy (non-hydrogen) atoms. The molecule has 0 aliphatic heterocycles. The Labute approximate surface area is 96.5 Å². The normalized spacial score (nSPS) is 11.7. The van der Waals surface area contributed by atoms with E-state index in [2.05, 4.69) is 4.98 Å². The molecule has 1 aromatic rings. The van der Waals surface area contributed by atoms with Crippen molar-refractivity contribution >= 4 is 0 Å². The summed E-state index contributed by atoms with van der Waals surface area (Å²) in [5.41, 5.74) is 1.04. The SMILES string of the molecule is CCOC(C)(OCC)OCc1ccncc1. The van der Waals surface area contributed by atoms with Crippen molar-refractivity contribution < 1.29 is 14.2 Å². The monoisotopic (exact) mass is 225 g/mol. The van der Waals surface area contributed by atoms with E-state index in [-0.39, 0.29) is 0 Å². The van der Waals surface area contributed by atoms with E-state index in [1.54, 1.807) is 19.3 Å². The molecule has 90 valence electrons. The van der Waals surface area contributed by atoms with Crippen molar-refractivity contribution in [2.45, 2.75) is 33.4 Å². The molecule has 0 saturated carbocycles. The Hall–Kier alpha value is -0.970. The summed E-state index contributed by atoms with van der Waals surface area (Å²) in [4.78, 5) is 3.94. The molecule has 0 fully saturated rings. The number of rotatable bonds is 7. The van der Waals surface area contributed by atoms with Crippen LogP contribution in [0.5, 0.6) is 0 Å². The lowest BCUT2D eigenvalue weighted by molar-refractivity contribution is -0.371. The van der Waals surface area contributed by atoms with Crippen LogP contribution >= 0.6 is 0 Å². The highest BCUT2D eigenvalue weighted by molar-refractivity contribution is 5.07. The molecule has 0 saturated heterocycles. The second kappa shape index (κ2) is 6.58. The summed E-state index contributed by atoms with van der Waals surface area (Å²) >= 11 is 0. The molecule has 0 N–H and O–H groups in total. The number of aromatic nitrogens is 1. The van der Waals surface area contributed by atoms with Gasteiger partial charge in [-0.15, -0.1) is 0 Å². The highest BCUT2D eigenvalue weighted by atomic mass is 16.9. The fourth-order valence-electron chi connectivity index (χ4n) is 1.34. The fraction of sp³-hybridized carbons (Fsp3) is 0.583. The van der Waals surface area contributed by atoms with Crippen LogP contribution in [0, 0.1) is 0 Å². The zero-order chi connectivity index (χ0) is 11.9. The predicted molar refractivity (Wildman–Crippen MR) is 60.7 cm³/mol. The molecule has 0 aromatic carbocycles. The van der Waals surface area contributed by atoms with Gasteiger partial charge < -0.3 is 14.2 Å². The summed E-state index contributed by atoms with van der Waals surface area (Å²) in [5.74, 6) is -0.966. The lowest BCUT2D eigenvalue weighted by Gasteiger charge is -2.28. The maximum absolute atomic E-state index is 5.62. The van der Waals surface area contributed by atoms with Gasteiger partial charge in [0, 0.05) is 32.5 Å². The maximum Gasteiger partial charge on any atom is 0.280 e.